The summed E-state index contributed by atoms with van der Waals surface area (Å²) in [7, 11) is 0. The summed E-state index contributed by atoms with van der Waals surface area (Å²) in [4.78, 5) is 9.44. The van der Waals surface area contributed by atoms with Gasteiger partial charge in [0.1, 0.15) is 5.82 Å². The van der Waals surface area contributed by atoms with Crippen LogP contribution in [0.4, 0.5) is 5.13 Å². The number of aryl methyl sites for hydroxylation is 1. The lowest BCUT2D eigenvalue weighted by atomic mass is 10.1. The highest BCUT2D eigenvalue weighted by molar-refractivity contribution is 7.09. The number of piperazine rings is 1. The highest BCUT2D eigenvalue weighted by Gasteiger charge is 2.26. The Hall–Kier alpha value is -0.680. The van der Waals surface area contributed by atoms with Gasteiger partial charge in [-0.2, -0.15) is 4.37 Å². The molecule has 1 unspecified atom stereocenters. The van der Waals surface area contributed by atoms with Crippen LogP contribution in [0.25, 0.3) is 0 Å². The largest absolute Gasteiger partial charge is 0.341 e. The molecule has 1 aliphatic rings. The van der Waals surface area contributed by atoms with Crippen molar-refractivity contribution < 1.29 is 0 Å². The third-order valence-corrected chi connectivity index (χ3v) is 4.09. The van der Waals surface area contributed by atoms with Crippen LogP contribution in [0, 0.1) is 6.92 Å². The quantitative estimate of drug-likeness (QED) is 0.806. The molecule has 0 bridgehead atoms. The normalized spacial score (nSPS) is 22.7. The van der Waals surface area contributed by atoms with Crippen molar-refractivity contribution in [1.82, 2.24) is 14.3 Å². The van der Waals surface area contributed by atoms with E-state index >= 15 is 0 Å². The van der Waals surface area contributed by atoms with E-state index in [1.165, 1.54) is 18.0 Å². The molecular weight excluding hydrogens is 220 g/mol. The first-order chi connectivity index (χ1) is 7.74. The van der Waals surface area contributed by atoms with Crippen molar-refractivity contribution in [2.45, 2.75) is 33.2 Å². The van der Waals surface area contributed by atoms with Crippen LogP contribution in [-0.4, -0.2) is 46.5 Å². The lowest BCUT2D eigenvalue weighted by molar-refractivity contribution is 0.230. The monoisotopic (exact) mass is 240 g/mol. The van der Waals surface area contributed by atoms with Gasteiger partial charge in [-0.1, -0.05) is 13.8 Å². The molecule has 1 fully saturated rings. The average Bonchev–Trinajstić information content (AvgIpc) is 2.74. The fourth-order valence-electron chi connectivity index (χ4n) is 2.21. The lowest BCUT2D eigenvalue weighted by Crippen LogP contribution is -2.52. The number of aromatic nitrogens is 2. The Morgan fingerprint density at radius 3 is 2.75 bits per heavy atom. The number of rotatable bonds is 3. The second-order valence-corrected chi connectivity index (χ2v) is 5.00. The fourth-order valence-corrected chi connectivity index (χ4v) is 2.98. The third-order valence-electron chi connectivity index (χ3n) is 3.25. The van der Waals surface area contributed by atoms with Crippen LogP contribution in [0.2, 0.25) is 0 Å². The van der Waals surface area contributed by atoms with Gasteiger partial charge < -0.3 is 4.90 Å². The molecule has 5 heteroatoms. The van der Waals surface area contributed by atoms with Gasteiger partial charge in [-0.3, -0.25) is 4.90 Å². The number of likely N-dealkylation sites (N-methyl/N-ethyl adjacent to an activating group) is 1. The third kappa shape index (κ3) is 2.35. The van der Waals surface area contributed by atoms with Crippen LogP contribution in [-0.2, 0) is 0 Å². The predicted molar refractivity (Wildman–Crippen MR) is 68.2 cm³/mol. The van der Waals surface area contributed by atoms with Crippen molar-refractivity contribution in [2.75, 3.05) is 31.1 Å². The van der Waals surface area contributed by atoms with E-state index in [1.807, 2.05) is 6.92 Å². The van der Waals surface area contributed by atoms with Crippen molar-refractivity contribution >= 4 is 16.7 Å². The Bertz CT molecular complexity index is 338. The summed E-state index contributed by atoms with van der Waals surface area (Å²) >= 11 is 1.53. The van der Waals surface area contributed by atoms with Crippen LogP contribution in [0.1, 0.15) is 26.1 Å². The number of hydrogen-bond donors (Lipinski definition) is 0. The van der Waals surface area contributed by atoms with E-state index in [-0.39, 0.29) is 0 Å². The molecule has 1 aromatic heterocycles. The van der Waals surface area contributed by atoms with Crippen molar-refractivity contribution in [3.8, 4) is 0 Å². The molecule has 0 aromatic carbocycles. The van der Waals surface area contributed by atoms with E-state index < -0.39 is 0 Å². The zero-order valence-electron chi connectivity index (χ0n) is 10.3. The van der Waals surface area contributed by atoms with E-state index in [4.69, 9.17) is 0 Å². The van der Waals surface area contributed by atoms with Gasteiger partial charge in [-0.15, -0.1) is 0 Å². The van der Waals surface area contributed by atoms with Crippen molar-refractivity contribution in [2.24, 2.45) is 0 Å². The molecule has 0 N–H and O–H groups in total. The first-order valence-corrected chi connectivity index (χ1v) is 6.81. The van der Waals surface area contributed by atoms with Gasteiger partial charge in [0.15, 0.2) is 0 Å². The van der Waals surface area contributed by atoms with Gasteiger partial charge >= 0.3 is 0 Å². The Morgan fingerprint density at radius 1 is 1.38 bits per heavy atom. The molecule has 1 aliphatic heterocycles. The van der Waals surface area contributed by atoms with E-state index in [0.29, 0.717) is 6.04 Å². The molecule has 2 heterocycles. The maximum atomic E-state index is 4.50. The van der Waals surface area contributed by atoms with Crippen LogP contribution < -0.4 is 4.90 Å². The summed E-state index contributed by atoms with van der Waals surface area (Å²) in [6, 6.07) is 0.598. The Labute approximate surface area is 101 Å². The molecule has 0 spiro atoms. The van der Waals surface area contributed by atoms with E-state index in [2.05, 4.69) is 33.0 Å². The highest BCUT2D eigenvalue weighted by Crippen LogP contribution is 2.23. The topological polar surface area (TPSA) is 32.3 Å². The van der Waals surface area contributed by atoms with Crippen LogP contribution in [0.15, 0.2) is 0 Å². The minimum Gasteiger partial charge on any atom is -0.341 e. The molecule has 0 radical (unpaired) electrons. The van der Waals surface area contributed by atoms with Crippen LogP contribution in [0.5, 0.6) is 0 Å². The average molecular weight is 240 g/mol. The smallest absolute Gasteiger partial charge is 0.205 e. The van der Waals surface area contributed by atoms with Gasteiger partial charge in [-0.25, -0.2) is 4.98 Å². The first-order valence-electron chi connectivity index (χ1n) is 6.03. The van der Waals surface area contributed by atoms with Gasteiger partial charge in [0.2, 0.25) is 5.13 Å². The van der Waals surface area contributed by atoms with E-state index in [1.54, 1.807) is 0 Å². The van der Waals surface area contributed by atoms with Crippen LogP contribution >= 0.6 is 11.5 Å². The maximum Gasteiger partial charge on any atom is 0.205 e. The fraction of sp³-hybridized carbons (Fsp3) is 0.818. The van der Waals surface area contributed by atoms with Crippen molar-refractivity contribution in [1.29, 1.82) is 0 Å². The summed E-state index contributed by atoms with van der Waals surface area (Å²) in [6.45, 7) is 11.0. The number of hydrogen-bond acceptors (Lipinski definition) is 5. The lowest BCUT2D eigenvalue weighted by Gasteiger charge is -2.40. The SMILES string of the molecule is CCC1CN(CC)CCN1c1nc(C)ns1. The van der Waals surface area contributed by atoms with Gasteiger partial charge in [0, 0.05) is 37.2 Å². The first kappa shape index (κ1) is 11.8. The van der Waals surface area contributed by atoms with Gasteiger partial charge in [0.25, 0.3) is 0 Å². The molecule has 0 aliphatic carbocycles. The number of nitrogens with zero attached hydrogens (tertiary/aromatic N) is 4. The zero-order valence-corrected chi connectivity index (χ0v) is 11.1. The molecule has 1 saturated heterocycles. The van der Waals surface area contributed by atoms with Crippen LogP contribution in [0.3, 0.4) is 0 Å². The predicted octanol–water partition coefficient (Wildman–Crippen LogP) is 1.77. The van der Waals surface area contributed by atoms with E-state index in [9.17, 15) is 0 Å². The molecule has 1 atom stereocenters. The molecule has 0 saturated carbocycles. The Morgan fingerprint density at radius 2 is 2.19 bits per heavy atom. The molecule has 4 nitrogen and oxygen atoms in total. The summed E-state index contributed by atoms with van der Waals surface area (Å²) in [5.41, 5.74) is 0. The van der Waals surface area contributed by atoms with Crippen molar-refractivity contribution in [3.63, 3.8) is 0 Å². The molecular formula is C11H20N4S. The second-order valence-electron chi connectivity index (χ2n) is 4.27. The molecule has 1 aromatic rings. The van der Waals surface area contributed by atoms with Gasteiger partial charge in [0.05, 0.1) is 0 Å². The molecule has 0 amide bonds. The second kappa shape index (κ2) is 5.10. The minimum atomic E-state index is 0.598. The molecule has 90 valence electrons. The number of anilines is 1. The van der Waals surface area contributed by atoms with E-state index in [0.717, 1.165) is 37.1 Å². The van der Waals surface area contributed by atoms with Gasteiger partial charge in [-0.05, 0) is 19.9 Å². The summed E-state index contributed by atoms with van der Waals surface area (Å²) in [5.74, 6) is 0.896. The zero-order chi connectivity index (χ0) is 11.5. The summed E-state index contributed by atoms with van der Waals surface area (Å²) in [5, 5.41) is 1.10. The molecule has 2 rings (SSSR count). The Balaban J connectivity index is 2.09. The minimum absolute atomic E-state index is 0.598. The standard InChI is InChI=1S/C11H20N4S/c1-4-10-8-14(5-2)6-7-15(10)11-12-9(3)13-16-11/h10H,4-8H2,1-3H3. The maximum absolute atomic E-state index is 4.50. The molecule has 16 heavy (non-hydrogen) atoms. The van der Waals surface area contributed by atoms with Crippen molar-refractivity contribution in [3.05, 3.63) is 5.82 Å². The summed E-state index contributed by atoms with van der Waals surface area (Å²) < 4.78 is 4.28. The highest BCUT2D eigenvalue weighted by atomic mass is 32.1. The Kier molecular flexibility index (Phi) is 3.76. The summed E-state index contributed by atoms with van der Waals surface area (Å²) in [6.07, 6.45) is 1.18.